The fourth-order valence-corrected chi connectivity index (χ4v) is 1.59. The molecule has 0 aliphatic heterocycles. The van der Waals surface area contributed by atoms with Crippen molar-refractivity contribution in [3.05, 3.63) is 59.9 Å². The van der Waals surface area contributed by atoms with Crippen molar-refractivity contribution in [2.24, 2.45) is 0 Å². The monoisotopic (exact) mass is 275 g/mol. The number of hydrogen-bond acceptors (Lipinski definition) is 4. The van der Waals surface area contributed by atoms with E-state index in [0.29, 0.717) is 11.4 Å². The summed E-state index contributed by atoms with van der Waals surface area (Å²) < 4.78 is 23.7. The van der Waals surface area contributed by atoms with Crippen molar-refractivity contribution in [2.45, 2.75) is 0 Å². The highest BCUT2D eigenvalue weighted by atomic mass is 19.1. The van der Waals surface area contributed by atoms with Gasteiger partial charge in [-0.3, -0.25) is 0 Å². The van der Waals surface area contributed by atoms with Gasteiger partial charge in [-0.2, -0.15) is 0 Å². The topological polar surface area (TPSA) is 61.6 Å². The summed E-state index contributed by atoms with van der Waals surface area (Å²) in [4.78, 5) is 11.7. The maximum atomic E-state index is 13.4. The molecular formula is C15H14FNO3. The first-order valence-corrected chi connectivity index (χ1v) is 6.07. The third kappa shape index (κ3) is 3.71. The van der Waals surface area contributed by atoms with Crippen molar-refractivity contribution >= 4 is 11.7 Å². The number of nitrogens with two attached hydrogens (primary N) is 1. The molecule has 4 nitrogen and oxygen atoms in total. The van der Waals surface area contributed by atoms with Gasteiger partial charge in [0.25, 0.3) is 0 Å². The summed E-state index contributed by atoms with van der Waals surface area (Å²) >= 11 is 0. The molecule has 0 heterocycles. The summed E-state index contributed by atoms with van der Waals surface area (Å²) in [6.45, 7) is 0.224. The Hall–Kier alpha value is -2.56. The number of carbonyl (C=O) groups excluding carboxylic acids is 1. The molecule has 0 aliphatic rings. The number of hydrogen-bond donors (Lipinski definition) is 1. The highest BCUT2D eigenvalue weighted by Crippen LogP contribution is 2.13. The summed E-state index contributed by atoms with van der Waals surface area (Å²) in [6.07, 6.45) is 0. The number of rotatable bonds is 5. The van der Waals surface area contributed by atoms with Gasteiger partial charge in [0, 0.05) is 5.69 Å². The van der Waals surface area contributed by atoms with Crippen molar-refractivity contribution < 1.29 is 18.7 Å². The van der Waals surface area contributed by atoms with Crippen LogP contribution in [0.15, 0.2) is 48.5 Å². The third-order valence-corrected chi connectivity index (χ3v) is 2.54. The number of halogens is 1. The molecule has 0 bridgehead atoms. The summed E-state index contributed by atoms with van der Waals surface area (Å²) in [5.74, 6) is -0.738. The number of anilines is 1. The van der Waals surface area contributed by atoms with Crippen LogP contribution in [0.4, 0.5) is 10.1 Å². The number of ether oxygens (including phenoxy) is 2. The first kappa shape index (κ1) is 13.9. The lowest BCUT2D eigenvalue weighted by Gasteiger charge is -2.08. The molecule has 0 saturated carbocycles. The number of esters is 1. The lowest BCUT2D eigenvalue weighted by molar-refractivity contribution is 0.0445. The molecule has 2 aromatic carbocycles. The number of nitrogen functional groups attached to an aromatic ring is 1. The summed E-state index contributed by atoms with van der Waals surface area (Å²) in [7, 11) is 0. The second-order valence-electron chi connectivity index (χ2n) is 4.04. The number of para-hydroxylation sites is 1. The van der Waals surface area contributed by atoms with Crippen molar-refractivity contribution in [3.8, 4) is 5.75 Å². The second-order valence-corrected chi connectivity index (χ2v) is 4.04. The molecule has 0 spiro atoms. The highest BCUT2D eigenvalue weighted by Gasteiger charge is 2.13. The number of carbonyl (C=O) groups is 1. The molecule has 0 fully saturated rings. The summed E-state index contributed by atoms with van der Waals surface area (Å²) in [5.41, 5.74) is 5.63. The van der Waals surface area contributed by atoms with Crippen LogP contribution in [0.3, 0.4) is 0 Å². The zero-order chi connectivity index (χ0) is 14.4. The van der Waals surface area contributed by atoms with E-state index in [0.717, 1.165) is 6.07 Å². The van der Waals surface area contributed by atoms with Crippen LogP contribution in [0.1, 0.15) is 10.4 Å². The zero-order valence-corrected chi connectivity index (χ0v) is 10.7. The van der Waals surface area contributed by atoms with Crippen LogP contribution in [0.5, 0.6) is 5.75 Å². The molecule has 104 valence electrons. The first-order chi connectivity index (χ1) is 9.66. The predicted molar refractivity (Wildman–Crippen MR) is 73.0 cm³/mol. The van der Waals surface area contributed by atoms with Gasteiger partial charge in [0.1, 0.15) is 24.8 Å². The van der Waals surface area contributed by atoms with Gasteiger partial charge < -0.3 is 15.2 Å². The van der Waals surface area contributed by atoms with Crippen LogP contribution in [-0.2, 0) is 4.74 Å². The van der Waals surface area contributed by atoms with E-state index in [1.807, 2.05) is 18.2 Å². The molecule has 20 heavy (non-hydrogen) atoms. The van der Waals surface area contributed by atoms with Crippen LogP contribution in [0, 0.1) is 5.82 Å². The van der Waals surface area contributed by atoms with Gasteiger partial charge in [-0.05, 0) is 30.3 Å². The molecule has 0 atom stereocenters. The van der Waals surface area contributed by atoms with Gasteiger partial charge in [-0.1, -0.05) is 18.2 Å². The van der Waals surface area contributed by atoms with Crippen molar-refractivity contribution in [1.82, 2.24) is 0 Å². The van der Waals surface area contributed by atoms with Gasteiger partial charge in [0.15, 0.2) is 0 Å². The minimum absolute atomic E-state index is 0.0297. The Kier molecular flexibility index (Phi) is 4.55. The van der Waals surface area contributed by atoms with Gasteiger partial charge in [0.05, 0.1) is 5.56 Å². The second kappa shape index (κ2) is 6.56. The van der Waals surface area contributed by atoms with E-state index in [2.05, 4.69) is 0 Å². The molecule has 0 saturated heterocycles. The minimum Gasteiger partial charge on any atom is -0.490 e. The lowest BCUT2D eigenvalue weighted by Crippen LogP contribution is -2.13. The van der Waals surface area contributed by atoms with Crippen LogP contribution in [-0.4, -0.2) is 19.2 Å². The molecule has 0 radical (unpaired) electrons. The molecule has 0 aliphatic carbocycles. The molecule has 0 amide bonds. The van der Waals surface area contributed by atoms with Crippen LogP contribution in [0.25, 0.3) is 0 Å². The Bertz CT molecular complexity index is 587. The van der Waals surface area contributed by atoms with Crippen molar-refractivity contribution in [1.29, 1.82) is 0 Å². The van der Waals surface area contributed by atoms with E-state index in [1.165, 1.54) is 12.1 Å². The quantitative estimate of drug-likeness (QED) is 0.517. The molecule has 2 aromatic rings. The van der Waals surface area contributed by atoms with Crippen molar-refractivity contribution in [2.75, 3.05) is 18.9 Å². The Morgan fingerprint density at radius 2 is 1.85 bits per heavy atom. The third-order valence-electron chi connectivity index (χ3n) is 2.54. The van der Waals surface area contributed by atoms with Crippen LogP contribution < -0.4 is 10.5 Å². The summed E-state index contributed by atoms with van der Waals surface area (Å²) in [6, 6.07) is 12.9. The maximum absolute atomic E-state index is 13.4. The molecule has 0 aromatic heterocycles. The van der Waals surface area contributed by atoms with Gasteiger partial charge in [-0.25, -0.2) is 9.18 Å². The molecule has 2 N–H and O–H groups in total. The van der Waals surface area contributed by atoms with E-state index in [-0.39, 0.29) is 18.8 Å². The molecule has 5 heteroatoms. The Morgan fingerprint density at radius 1 is 1.10 bits per heavy atom. The van der Waals surface area contributed by atoms with Gasteiger partial charge in [-0.15, -0.1) is 0 Å². The fourth-order valence-electron chi connectivity index (χ4n) is 1.59. The largest absolute Gasteiger partial charge is 0.490 e. The Balaban J connectivity index is 1.82. The first-order valence-electron chi connectivity index (χ1n) is 6.07. The average Bonchev–Trinajstić information content (AvgIpc) is 2.47. The fraction of sp³-hybridized carbons (Fsp3) is 0.133. The van der Waals surface area contributed by atoms with E-state index >= 15 is 0 Å². The van der Waals surface area contributed by atoms with Crippen LogP contribution in [0.2, 0.25) is 0 Å². The molecular weight excluding hydrogens is 261 g/mol. The normalized spacial score (nSPS) is 10.1. The van der Waals surface area contributed by atoms with E-state index in [1.54, 1.807) is 12.1 Å². The minimum atomic E-state index is -0.758. The SMILES string of the molecule is Nc1ccc(F)c(C(=O)OCCOc2ccccc2)c1. The average molecular weight is 275 g/mol. The molecule has 0 unspecified atom stereocenters. The van der Waals surface area contributed by atoms with Gasteiger partial charge in [0.2, 0.25) is 0 Å². The highest BCUT2D eigenvalue weighted by molar-refractivity contribution is 5.90. The van der Waals surface area contributed by atoms with E-state index in [9.17, 15) is 9.18 Å². The Labute approximate surface area is 115 Å². The lowest BCUT2D eigenvalue weighted by atomic mass is 10.2. The predicted octanol–water partition coefficient (Wildman–Crippen LogP) is 2.64. The van der Waals surface area contributed by atoms with Crippen molar-refractivity contribution in [3.63, 3.8) is 0 Å². The van der Waals surface area contributed by atoms with E-state index in [4.69, 9.17) is 15.2 Å². The Morgan fingerprint density at radius 3 is 2.60 bits per heavy atom. The smallest absolute Gasteiger partial charge is 0.341 e. The maximum Gasteiger partial charge on any atom is 0.341 e. The van der Waals surface area contributed by atoms with E-state index < -0.39 is 11.8 Å². The number of benzene rings is 2. The molecule has 2 rings (SSSR count). The summed E-state index contributed by atoms with van der Waals surface area (Å²) in [5, 5.41) is 0. The van der Waals surface area contributed by atoms with Gasteiger partial charge >= 0.3 is 5.97 Å². The standard InChI is InChI=1S/C15H14FNO3/c16-14-7-6-11(17)10-13(14)15(18)20-9-8-19-12-4-2-1-3-5-12/h1-7,10H,8-9,17H2. The zero-order valence-electron chi connectivity index (χ0n) is 10.7. The van der Waals surface area contributed by atoms with Crippen LogP contribution >= 0.6 is 0 Å².